The van der Waals surface area contributed by atoms with E-state index in [2.05, 4.69) is 6.58 Å². The van der Waals surface area contributed by atoms with Crippen molar-refractivity contribution in [2.45, 2.75) is 0 Å². The Labute approximate surface area is 120 Å². The maximum atomic E-state index is 10.7. The first kappa shape index (κ1) is 13.0. The third-order valence-corrected chi connectivity index (χ3v) is 3.11. The van der Waals surface area contributed by atoms with Crippen LogP contribution in [0.1, 0.15) is 6.30 Å². The predicted octanol–water partition coefficient (Wildman–Crippen LogP) is -1.88. The van der Waals surface area contributed by atoms with E-state index < -0.39 is 10.0 Å². The van der Waals surface area contributed by atoms with E-state index in [1.54, 1.807) is 17.5 Å². The summed E-state index contributed by atoms with van der Waals surface area (Å²) in [6, 6.07) is 3.41. The molecule has 0 saturated heterocycles. The molecular formula is C6H8KNO2S2. The molecule has 0 bridgehead atoms. The quantitative estimate of drug-likeness (QED) is 0.604. The fourth-order valence-electron chi connectivity index (χ4n) is 0.577. The molecule has 0 amide bonds. The largest absolute Gasteiger partial charge is 1.00 e. The van der Waals surface area contributed by atoms with E-state index in [9.17, 15) is 8.42 Å². The third kappa shape index (κ3) is 3.39. The summed E-state index contributed by atoms with van der Waals surface area (Å²) in [4.78, 5) is 0.569. The summed E-state index contributed by atoms with van der Waals surface area (Å²) in [5, 5.41) is 6.62. The molecule has 1 heterocycles. The monoisotopic (exact) mass is 229 g/mol. The van der Waals surface area contributed by atoms with Crippen molar-refractivity contribution in [3.63, 3.8) is 0 Å². The first-order chi connectivity index (χ1) is 5.02. The molecule has 1 aromatic heterocycles. The summed E-state index contributed by atoms with van der Waals surface area (Å²) in [7, 11) is -3.61. The molecule has 0 fully saturated rings. The Balaban J connectivity index is 0. The first-order valence-corrected chi connectivity index (χ1v) is 5.20. The van der Waals surface area contributed by atoms with Crippen molar-refractivity contribution >= 4 is 26.3 Å². The smallest absolute Gasteiger partial charge is 1.00 e. The Morgan fingerprint density at radius 3 is 2.58 bits per heavy atom. The van der Waals surface area contributed by atoms with Crippen LogP contribution >= 0.6 is 11.3 Å². The Kier molecular flexibility index (Phi) is 5.43. The molecule has 12 heavy (non-hydrogen) atoms. The van der Waals surface area contributed by atoms with Crippen molar-refractivity contribution in [3.05, 3.63) is 29.0 Å². The summed E-state index contributed by atoms with van der Waals surface area (Å²) < 4.78 is 21.4. The van der Waals surface area contributed by atoms with E-state index >= 15 is 0 Å². The fourth-order valence-corrected chi connectivity index (χ4v) is 2.01. The molecule has 0 aliphatic heterocycles. The Hall–Kier alpha value is 0.986. The molecule has 0 radical (unpaired) electrons. The molecular weight excluding hydrogens is 221 g/mol. The van der Waals surface area contributed by atoms with Gasteiger partial charge in [-0.2, -0.15) is 0 Å². The number of sulfonamides is 1. The molecule has 0 saturated carbocycles. The second-order valence-electron chi connectivity index (χ2n) is 1.95. The SMILES string of the molecule is C=C(c1cccs1)S(N)(=O)=O.[H-].[K+]. The van der Waals surface area contributed by atoms with Crippen molar-refractivity contribution < 1.29 is 61.2 Å². The number of primary sulfonamides is 1. The summed E-state index contributed by atoms with van der Waals surface area (Å²) >= 11 is 1.30. The minimum Gasteiger partial charge on any atom is -1.00 e. The van der Waals surface area contributed by atoms with Crippen molar-refractivity contribution in [1.29, 1.82) is 0 Å². The number of hydrogen-bond donors (Lipinski definition) is 1. The maximum absolute atomic E-state index is 10.7. The van der Waals surface area contributed by atoms with Gasteiger partial charge in [-0.25, -0.2) is 13.6 Å². The molecule has 2 N–H and O–H groups in total. The van der Waals surface area contributed by atoms with Gasteiger partial charge in [0.15, 0.2) is 0 Å². The van der Waals surface area contributed by atoms with Gasteiger partial charge in [0.05, 0.1) is 4.91 Å². The Morgan fingerprint density at radius 1 is 1.67 bits per heavy atom. The molecule has 0 unspecified atom stereocenters. The summed E-state index contributed by atoms with van der Waals surface area (Å²) in [6.45, 7) is 3.37. The van der Waals surface area contributed by atoms with Gasteiger partial charge in [0.2, 0.25) is 10.0 Å². The normalized spacial score (nSPS) is 10.4. The van der Waals surface area contributed by atoms with Gasteiger partial charge in [-0.05, 0) is 11.4 Å². The van der Waals surface area contributed by atoms with Crippen molar-refractivity contribution in [1.82, 2.24) is 0 Å². The van der Waals surface area contributed by atoms with Gasteiger partial charge in [0.25, 0.3) is 0 Å². The van der Waals surface area contributed by atoms with Gasteiger partial charge in [-0.15, -0.1) is 11.3 Å². The van der Waals surface area contributed by atoms with Crippen LogP contribution in [0.4, 0.5) is 0 Å². The third-order valence-electron chi connectivity index (χ3n) is 1.14. The van der Waals surface area contributed by atoms with Gasteiger partial charge < -0.3 is 1.43 Å². The van der Waals surface area contributed by atoms with Crippen molar-refractivity contribution in [2.75, 3.05) is 0 Å². The molecule has 0 aliphatic carbocycles. The van der Waals surface area contributed by atoms with Crippen molar-refractivity contribution in [3.8, 4) is 0 Å². The Morgan fingerprint density at radius 2 is 2.25 bits per heavy atom. The predicted molar refractivity (Wildman–Crippen MR) is 47.6 cm³/mol. The first-order valence-electron chi connectivity index (χ1n) is 2.77. The molecule has 0 spiro atoms. The molecule has 6 heteroatoms. The fraction of sp³-hybridized carbons (Fsp3) is 0. The summed E-state index contributed by atoms with van der Waals surface area (Å²) in [6.07, 6.45) is 0. The van der Waals surface area contributed by atoms with Crippen LogP contribution in [0.25, 0.3) is 4.91 Å². The van der Waals surface area contributed by atoms with Crippen molar-refractivity contribution in [2.24, 2.45) is 5.14 Å². The van der Waals surface area contributed by atoms with Gasteiger partial charge >= 0.3 is 51.4 Å². The topological polar surface area (TPSA) is 60.2 Å². The molecule has 0 aromatic carbocycles. The maximum Gasteiger partial charge on any atom is 1.00 e. The molecule has 62 valence electrons. The zero-order valence-corrected chi connectivity index (χ0v) is 11.4. The molecule has 1 aromatic rings. The molecule has 0 aliphatic rings. The van der Waals surface area contributed by atoms with Gasteiger partial charge in [0, 0.05) is 4.88 Å². The average Bonchev–Trinajstić information content (AvgIpc) is 2.34. The van der Waals surface area contributed by atoms with Gasteiger partial charge in [-0.1, -0.05) is 12.6 Å². The molecule has 1 rings (SSSR count). The van der Waals surface area contributed by atoms with Crippen LogP contribution in [0.5, 0.6) is 0 Å². The minimum absolute atomic E-state index is 0. The van der Waals surface area contributed by atoms with Crippen LogP contribution in [-0.4, -0.2) is 8.42 Å². The zero-order chi connectivity index (χ0) is 8.48. The summed E-state index contributed by atoms with van der Waals surface area (Å²) in [5.74, 6) is 0. The zero-order valence-electron chi connectivity index (χ0n) is 7.65. The van der Waals surface area contributed by atoms with E-state index in [4.69, 9.17) is 5.14 Å². The van der Waals surface area contributed by atoms with E-state index in [0.29, 0.717) is 4.88 Å². The average molecular weight is 229 g/mol. The van der Waals surface area contributed by atoms with E-state index in [-0.39, 0.29) is 57.7 Å². The number of thiophene rings is 1. The van der Waals surface area contributed by atoms with E-state index in [1.165, 1.54) is 11.3 Å². The van der Waals surface area contributed by atoms with Gasteiger partial charge in [0.1, 0.15) is 0 Å². The second-order valence-corrected chi connectivity index (χ2v) is 4.48. The van der Waals surface area contributed by atoms with E-state index in [0.717, 1.165) is 0 Å². The molecule has 0 atom stereocenters. The summed E-state index contributed by atoms with van der Waals surface area (Å²) in [5.41, 5.74) is 0. The number of hydrogen-bond acceptors (Lipinski definition) is 3. The Bertz CT molecular complexity index is 360. The number of nitrogens with two attached hydrogens (primary N) is 1. The second kappa shape index (κ2) is 5.01. The van der Waals surface area contributed by atoms with E-state index in [1.807, 2.05) is 0 Å². The van der Waals surface area contributed by atoms with Crippen LogP contribution in [0.15, 0.2) is 24.1 Å². The standard InChI is InChI=1S/C6H7NO2S2.K.H/c1-5(11(7,8)9)6-3-2-4-10-6;;/h2-4H,1H2,(H2,7,8,9);;/q;+1;-1. The van der Waals surface area contributed by atoms with Crippen LogP contribution in [-0.2, 0) is 10.0 Å². The van der Waals surface area contributed by atoms with Crippen LogP contribution in [0.2, 0.25) is 0 Å². The van der Waals surface area contributed by atoms with Gasteiger partial charge in [-0.3, -0.25) is 0 Å². The minimum atomic E-state index is -3.61. The molecule has 3 nitrogen and oxygen atoms in total. The van der Waals surface area contributed by atoms with Crippen LogP contribution in [0, 0.1) is 0 Å². The van der Waals surface area contributed by atoms with Crippen LogP contribution < -0.4 is 56.5 Å². The van der Waals surface area contributed by atoms with Crippen LogP contribution in [0.3, 0.4) is 0 Å². The number of rotatable bonds is 2.